The zero-order valence-electron chi connectivity index (χ0n) is 10.9. The van der Waals surface area contributed by atoms with Gasteiger partial charge in [0.25, 0.3) is 0 Å². The number of carbonyl (C=O) groups excluding carboxylic acids is 1. The third-order valence-corrected chi connectivity index (χ3v) is 3.26. The van der Waals surface area contributed by atoms with Gasteiger partial charge in [0, 0.05) is 23.2 Å². The number of fused-ring (bicyclic) bond motifs is 1. The molecule has 2 nitrogen and oxygen atoms in total. The first-order valence-corrected chi connectivity index (χ1v) is 6.09. The lowest BCUT2D eigenvalue weighted by Crippen LogP contribution is -2.06. The molecule has 0 aliphatic carbocycles. The van der Waals surface area contributed by atoms with Crippen LogP contribution in [0.15, 0.2) is 18.2 Å². The number of hydrogen-bond acceptors (Lipinski definition) is 1. The van der Waals surface area contributed by atoms with Crippen molar-refractivity contribution in [2.75, 3.05) is 0 Å². The van der Waals surface area contributed by atoms with Gasteiger partial charge in [0.1, 0.15) is 0 Å². The third-order valence-electron chi connectivity index (χ3n) is 3.26. The summed E-state index contributed by atoms with van der Waals surface area (Å²) in [5, 5.41) is 1.08. The van der Waals surface area contributed by atoms with Gasteiger partial charge >= 0.3 is 0 Å². The van der Waals surface area contributed by atoms with Crippen LogP contribution in [0.2, 0.25) is 0 Å². The maximum atomic E-state index is 11.2. The predicted molar refractivity (Wildman–Crippen MR) is 71.6 cm³/mol. The molecule has 0 spiro atoms. The molecule has 0 unspecified atom stereocenters. The molecule has 90 valence electrons. The molecule has 0 N–H and O–H groups in total. The number of aryl methyl sites for hydroxylation is 1. The van der Waals surface area contributed by atoms with Gasteiger partial charge in [0.15, 0.2) is 6.29 Å². The lowest BCUT2D eigenvalue weighted by atomic mass is 10.1. The minimum atomic E-state index is 0.573. The highest BCUT2D eigenvalue weighted by Gasteiger charge is 2.15. The maximum Gasteiger partial charge on any atom is 0.152 e. The van der Waals surface area contributed by atoms with Crippen LogP contribution in [-0.4, -0.2) is 10.9 Å². The van der Waals surface area contributed by atoms with Crippen molar-refractivity contribution < 1.29 is 4.79 Å². The molecule has 2 heteroatoms. The van der Waals surface area contributed by atoms with Gasteiger partial charge in [0.2, 0.25) is 0 Å². The van der Waals surface area contributed by atoms with Gasteiger partial charge in [-0.05, 0) is 25.3 Å². The highest BCUT2D eigenvalue weighted by Crippen LogP contribution is 2.27. The van der Waals surface area contributed by atoms with Crippen LogP contribution in [0.3, 0.4) is 0 Å². The molecular weight excluding hydrogens is 210 g/mol. The van der Waals surface area contributed by atoms with Crippen molar-refractivity contribution in [3.63, 3.8) is 0 Å². The summed E-state index contributed by atoms with van der Waals surface area (Å²) in [7, 11) is 0. The molecule has 0 bridgehead atoms. The van der Waals surface area contributed by atoms with E-state index >= 15 is 0 Å². The van der Waals surface area contributed by atoms with E-state index in [1.165, 1.54) is 11.1 Å². The molecule has 17 heavy (non-hydrogen) atoms. The lowest BCUT2D eigenvalue weighted by Gasteiger charge is -2.12. The topological polar surface area (TPSA) is 22.0 Å². The van der Waals surface area contributed by atoms with Crippen molar-refractivity contribution in [3.8, 4) is 0 Å². The Labute approximate surface area is 102 Å². The second-order valence-electron chi connectivity index (χ2n) is 5.09. The van der Waals surface area contributed by atoms with Gasteiger partial charge in [-0.1, -0.05) is 32.0 Å². The van der Waals surface area contributed by atoms with E-state index in [1.54, 1.807) is 0 Å². The van der Waals surface area contributed by atoms with Crippen molar-refractivity contribution >= 4 is 17.2 Å². The fourth-order valence-electron chi connectivity index (χ4n) is 2.48. The zero-order chi connectivity index (χ0) is 12.6. The minimum Gasteiger partial charge on any atom is -0.344 e. The van der Waals surface area contributed by atoms with Crippen molar-refractivity contribution in [2.45, 2.75) is 34.2 Å². The molecule has 0 fully saturated rings. The Morgan fingerprint density at radius 3 is 2.59 bits per heavy atom. The normalized spacial score (nSPS) is 11.4. The summed E-state index contributed by atoms with van der Waals surface area (Å²) in [6.07, 6.45) is 0.980. The van der Waals surface area contributed by atoms with E-state index in [-0.39, 0.29) is 0 Å². The molecule has 0 aliphatic rings. The van der Waals surface area contributed by atoms with E-state index in [0.29, 0.717) is 5.92 Å². The first-order valence-electron chi connectivity index (χ1n) is 6.09. The average molecular weight is 229 g/mol. The Balaban J connectivity index is 2.81. The van der Waals surface area contributed by atoms with Gasteiger partial charge in [-0.15, -0.1) is 0 Å². The smallest absolute Gasteiger partial charge is 0.152 e. The summed E-state index contributed by atoms with van der Waals surface area (Å²) in [5.74, 6) is 0.573. The Morgan fingerprint density at radius 1 is 1.29 bits per heavy atom. The summed E-state index contributed by atoms with van der Waals surface area (Å²) in [4.78, 5) is 11.2. The Hall–Kier alpha value is -1.57. The van der Waals surface area contributed by atoms with Crippen LogP contribution >= 0.6 is 0 Å². The van der Waals surface area contributed by atoms with Gasteiger partial charge < -0.3 is 4.57 Å². The van der Waals surface area contributed by atoms with Crippen molar-refractivity contribution in [1.29, 1.82) is 0 Å². The molecular formula is C15H19NO. The van der Waals surface area contributed by atoms with Crippen molar-refractivity contribution in [2.24, 2.45) is 5.92 Å². The molecule has 1 aromatic heterocycles. The summed E-state index contributed by atoms with van der Waals surface area (Å²) in [6, 6.07) is 6.16. The number of carbonyl (C=O) groups is 1. The average Bonchev–Trinajstić information content (AvgIpc) is 2.52. The third kappa shape index (κ3) is 1.88. The largest absolute Gasteiger partial charge is 0.344 e. The van der Waals surface area contributed by atoms with E-state index in [0.717, 1.165) is 29.5 Å². The molecule has 2 aromatic rings. The van der Waals surface area contributed by atoms with E-state index < -0.39 is 0 Å². The summed E-state index contributed by atoms with van der Waals surface area (Å²) in [6.45, 7) is 9.49. The molecule has 2 rings (SSSR count). The minimum absolute atomic E-state index is 0.573. The second kappa shape index (κ2) is 4.36. The van der Waals surface area contributed by atoms with Crippen LogP contribution in [0.1, 0.15) is 35.5 Å². The molecule has 1 aromatic carbocycles. The van der Waals surface area contributed by atoms with Crippen LogP contribution in [0.25, 0.3) is 10.9 Å². The first kappa shape index (κ1) is 11.9. The SMILES string of the molecule is Cc1cccc2c(C=O)c(C)n(CC(C)C)c12. The van der Waals surface area contributed by atoms with Gasteiger partial charge in [-0.25, -0.2) is 0 Å². The van der Waals surface area contributed by atoms with Gasteiger partial charge in [-0.3, -0.25) is 4.79 Å². The number of rotatable bonds is 3. The standard InChI is InChI=1S/C15H19NO/c1-10(2)8-16-12(4)14(9-17)13-7-5-6-11(3)15(13)16/h5-7,9-10H,8H2,1-4H3. The molecule has 1 heterocycles. The monoisotopic (exact) mass is 229 g/mol. The van der Waals surface area contributed by atoms with Crippen molar-refractivity contribution in [3.05, 3.63) is 35.0 Å². The number of nitrogens with zero attached hydrogens (tertiary/aromatic N) is 1. The van der Waals surface area contributed by atoms with Crippen LogP contribution in [0.4, 0.5) is 0 Å². The van der Waals surface area contributed by atoms with Crippen molar-refractivity contribution in [1.82, 2.24) is 4.57 Å². The Bertz CT molecular complexity index is 564. The first-order chi connectivity index (χ1) is 8.06. The molecule has 0 aliphatic heterocycles. The maximum absolute atomic E-state index is 11.2. The Morgan fingerprint density at radius 2 is 2.00 bits per heavy atom. The fourth-order valence-corrected chi connectivity index (χ4v) is 2.48. The van der Waals surface area contributed by atoms with Gasteiger partial charge in [-0.2, -0.15) is 0 Å². The van der Waals surface area contributed by atoms with E-state index in [9.17, 15) is 4.79 Å². The van der Waals surface area contributed by atoms with Crippen LogP contribution < -0.4 is 0 Å². The number of aromatic nitrogens is 1. The van der Waals surface area contributed by atoms with E-state index in [1.807, 2.05) is 19.1 Å². The van der Waals surface area contributed by atoms with Crippen LogP contribution in [0, 0.1) is 19.8 Å². The summed E-state index contributed by atoms with van der Waals surface area (Å²) < 4.78 is 2.28. The highest BCUT2D eigenvalue weighted by atomic mass is 16.1. The molecule has 0 radical (unpaired) electrons. The molecule has 0 amide bonds. The zero-order valence-corrected chi connectivity index (χ0v) is 10.9. The van der Waals surface area contributed by atoms with Gasteiger partial charge in [0.05, 0.1) is 5.52 Å². The van der Waals surface area contributed by atoms with E-state index in [2.05, 4.69) is 31.4 Å². The number of para-hydroxylation sites is 1. The van der Waals surface area contributed by atoms with E-state index in [4.69, 9.17) is 0 Å². The lowest BCUT2D eigenvalue weighted by molar-refractivity contribution is 0.112. The van der Waals surface area contributed by atoms with Crippen LogP contribution in [-0.2, 0) is 6.54 Å². The summed E-state index contributed by atoms with van der Waals surface area (Å²) >= 11 is 0. The van der Waals surface area contributed by atoms with Crippen LogP contribution in [0.5, 0.6) is 0 Å². The summed E-state index contributed by atoms with van der Waals surface area (Å²) in [5.41, 5.74) is 4.36. The quantitative estimate of drug-likeness (QED) is 0.735. The molecule has 0 saturated heterocycles. The molecule has 0 atom stereocenters. The fraction of sp³-hybridized carbons (Fsp3) is 0.400. The molecule has 0 saturated carbocycles. The number of aldehydes is 1. The second-order valence-corrected chi connectivity index (χ2v) is 5.09. The predicted octanol–water partition coefficient (Wildman–Crippen LogP) is 3.73. The number of benzene rings is 1. The highest BCUT2D eigenvalue weighted by molar-refractivity contribution is 6.00. The number of hydrogen-bond donors (Lipinski definition) is 0. The Kier molecular flexibility index (Phi) is 3.05.